The quantitative estimate of drug-likeness (QED) is 0.620. The van der Waals surface area contributed by atoms with Crippen LogP contribution in [0.1, 0.15) is 5.56 Å². The van der Waals surface area contributed by atoms with Crippen LogP contribution in [0.3, 0.4) is 0 Å². The average molecular weight is 374 g/mol. The molecule has 0 bridgehead atoms. The summed E-state index contributed by atoms with van der Waals surface area (Å²) in [6.07, 6.45) is 0. The van der Waals surface area contributed by atoms with Crippen LogP contribution in [0.5, 0.6) is 5.88 Å². The number of hydrogen-bond donors (Lipinski definition) is 0. The number of benzene rings is 2. The summed E-state index contributed by atoms with van der Waals surface area (Å²) >= 11 is 9.81. The minimum Gasteiger partial charge on any atom is -0.480 e. The predicted octanol–water partition coefficient (Wildman–Crippen LogP) is 5.20. The van der Waals surface area contributed by atoms with E-state index in [-0.39, 0.29) is 0 Å². The lowest BCUT2D eigenvalue weighted by Gasteiger charge is -2.13. The topological polar surface area (TPSA) is 45.9 Å². The number of pyridine rings is 1. The number of fused-ring (bicyclic) bond motifs is 1. The first kappa shape index (κ1) is 14.8. The normalized spacial score (nSPS) is 10.5. The van der Waals surface area contributed by atoms with Crippen molar-refractivity contribution in [2.45, 2.75) is 0 Å². The molecule has 5 heteroatoms. The average Bonchev–Trinajstić information content (AvgIpc) is 2.53. The molecule has 0 radical (unpaired) electrons. The third kappa shape index (κ3) is 2.43. The third-order valence-electron chi connectivity index (χ3n) is 3.36. The predicted molar refractivity (Wildman–Crippen MR) is 91.2 cm³/mol. The Balaban J connectivity index is 2.52. The standard InChI is InChI=1S/C17H10BrClN2O/c1-22-17-13(9-20)16(11-4-2-3-5-14(11)19)12-8-10(18)6-7-15(12)21-17/h2-8H,1H3. The van der Waals surface area contributed by atoms with Gasteiger partial charge in [0, 0.05) is 26.0 Å². The van der Waals surface area contributed by atoms with Crippen molar-refractivity contribution >= 4 is 38.4 Å². The van der Waals surface area contributed by atoms with Gasteiger partial charge in [0.15, 0.2) is 0 Å². The van der Waals surface area contributed by atoms with Gasteiger partial charge in [-0.1, -0.05) is 45.7 Å². The molecule has 0 aliphatic heterocycles. The van der Waals surface area contributed by atoms with Crippen molar-refractivity contribution in [2.24, 2.45) is 0 Å². The molecule has 1 heterocycles. The molecule has 0 N–H and O–H groups in total. The second-order valence-electron chi connectivity index (χ2n) is 4.62. The monoisotopic (exact) mass is 372 g/mol. The Hall–Kier alpha value is -2.09. The number of nitriles is 1. The Bertz CT molecular complexity index is 918. The molecule has 0 aliphatic carbocycles. The number of halogens is 2. The SMILES string of the molecule is COc1nc2ccc(Br)cc2c(-c2ccccc2Cl)c1C#N. The molecule has 108 valence electrons. The van der Waals surface area contributed by atoms with E-state index < -0.39 is 0 Å². The van der Waals surface area contributed by atoms with Crippen molar-refractivity contribution in [2.75, 3.05) is 7.11 Å². The molecule has 0 saturated heterocycles. The van der Waals surface area contributed by atoms with Crippen LogP contribution in [0.2, 0.25) is 5.02 Å². The second-order valence-corrected chi connectivity index (χ2v) is 5.95. The Morgan fingerprint density at radius 2 is 2.00 bits per heavy atom. The van der Waals surface area contributed by atoms with Gasteiger partial charge in [0.25, 0.3) is 0 Å². The minimum absolute atomic E-state index is 0.298. The molecule has 1 aromatic heterocycles. The smallest absolute Gasteiger partial charge is 0.232 e. The van der Waals surface area contributed by atoms with Gasteiger partial charge in [-0.05, 0) is 24.3 Å². The number of aromatic nitrogens is 1. The lowest BCUT2D eigenvalue weighted by Crippen LogP contribution is -1.97. The number of rotatable bonds is 2. The lowest BCUT2D eigenvalue weighted by molar-refractivity contribution is 0.398. The van der Waals surface area contributed by atoms with Gasteiger partial charge in [-0.15, -0.1) is 0 Å². The van der Waals surface area contributed by atoms with Crippen LogP contribution in [0.4, 0.5) is 0 Å². The highest BCUT2D eigenvalue weighted by Crippen LogP contribution is 2.39. The van der Waals surface area contributed by atoms with Crippen LogP contribution in [-0.2, 0) is 0 Å². The fourth-order valence-electron chi connectivity index (χ4n) is 2.41. The zero-order valence-electron chi connectivity index (χ0n) is 11.6. The van der Waals surface area contributed by atoms with Gasteiger partial charge in [-0.25, -0.2) is 4.98 Å². The third-order valence-corrected chi connectivity index (χ3v) is 4.18. The van der Waals surface area contributed by atoms with E-state index in [1.807, 2.05) is 36.4 Å². The van der Waals surface area contributed by atoms with Crippen molar-refractivity contribution in [3.05, 3.63) is 57.5 Å². The molecule has 0 unspecified atom stereocenters. The highest BCUT2D eigenvalue weighted by Gasteiger charge is 2.19. The molecule has 22 heavy (non-hydrogen) atoms. The van der Waals surface area contributed by atoms with Crippen LogP contribution in [0, 0.1) is 11.3 Å². The first-order valence-electron chi connectivity index (χ1n) is 6.48. The van der Waals surface area contributed by atoms with E-state index in [0.717, 1.165) is 26.5 Å². The van der Waals surface area contributed by atoms with Crippen LogP contribution in [0.15, 0.2) is 46.9 Å². The van der Waals surface area contributed by atoms with E-state index in [1.54, 1.807) is 6.07 Å². The van der Waals surface area contributed by atoms with Crippen molar-refractivity contribution < 1.29 is 4.74 Å². The van der Waals surface area contributed by atoms with E-state index in [9.17, 15) is 5.26 Å². The van der Waals surface area contributed by atoms with Gasteiger partial charge in [-0.3, -0.25) is 0 Å². The summed E-state index contributed by atoms with van der Waals surface area (Å²) < 4.78 is 6.19. The van der Waals surface area contributed by atoms with Gasteiger partial charge in [-0.2, -0.15) is 5.26 Å². The molecule has 0 saturated carbocycles. The Kier molecular flexibility index (Phi) is 4.02. The largest absolute Gasteiger partial charge is 0.480 e. The highest BCUT2D eigenvalue weighted by atomic mass is 79.9. The first-order chi connectivity index (χ1) is 10.7. The number of hydrogen-bond acceptors (Lipinski definition) is 3. The molecule has 0 aliphatic rings. The Labute approximate surface area is 141 Å². The van der Waals surface area contributed by atoms with E-state index in [0.29, 0.717) is 16.5 Å². The summed E-state index contributed by atoms with van der Waals surface area (Å²) in [5.41, 5.74) is 2.64. The first-order valence-corrected chi connectivity index (χ1v) is 7.65. The maximum Gasteiger partial charge on any atom is 0.232 e. The van der Waals surface area contributed by atoms with E-state index in [2.05, 4.69) is 27.0 Å². The molecular formula is C17H10BrClN2O. The summed E-state index contributed by atoms with van der Waals surface area (Å²) in [5, 5.41) is 11.0. The molecule has 0 amide bonds. The van der Waals surface area contributed by atoms with Crippen molar-refractivity contribution in [1.82, 2.24) is 4.98 Å². The van der Waals surface area contributed by atoms with Crippen LogP contribution in [-0.4, -0.2) is 12.1 Å². The number of nitrogens with zero attached hydrogens (tertiary/aromatic N) is 2. The molecule has 3 nitrogen and oxygen atoms in total. The van der Waals surface area contributed by atoms with Crippen molar-refractivity contribution in [1.29, 1.82) is 5.26 Å². The van der Waals surface area contributed by atoms with Gasteiger partial charge in [0.05, 0.1) is 12.6 Å². The minimum atomic E-state index is 0.298. The second kappa shape index (κ2) is 5.96. The Morgan fingerprint density at radius 3 is 2.68 bits per heavy atom. The van der Waals surface area contributed by atoms with Crippen LogP contribution < -0.4 is 4.74 Å². The van der Waals surface area contributed by atoms with Crippen molar-refractivity contribution in [3.8, 4) is 23.1 Å². The maximum absolute atomic E-state index is 9.59. The van der Waals surface area contributed by atoms with Gasteiger partial charge in [0.1, 0.15) is 11.6 Å². The Morgan fingerprint density at radius 1 is 1.23 bits per heavy atom. The zero-order valence-corrected chi connectivity index (χ0v) is 13.9. The molecule has 3 rings (SSSR count). The van der Waals surface area contributed by atoms with Gasteiger partial charge < -0.3 is 4.74 Å². The summed E-state index contributed by atoms with van der Waals surface area (Å²) in [4.78, 5) is 4.41. The van der Waals surface area contributed by atoms with E-state index in [4.69, 9.17) is 16.3 Å². The summed E-state index contributed by atoms with van der Waals surface area (Å²) in [7, 11) is 1.50. The van der Waals surface area contributed by atoms with E-state index >= 15 is 0 Å². The van der Waals surface area contributed by atoms with Crippen molar-refractivity contribution in [3.63, 3.8) is 0 Å². The van der Waals surface area contributed by atoms with Gasteiger partial charge in [0.2, 0.25) is 5.88 Å². The highest BCUT2D eigenvalue weighted by molar-refractivity contribution is 9.10. The van der Waals surface area contributed by atoms with Crippen LogP contribution >= 0.6 is 27.5 Å². The number of methoxy groups -OCH3 is 1. The molecule has 0 atom stereocenters. The number of ether oxygens (including phenoxy) is 1. The summed E-state index contributed by atoms with van der Waals surface area (Å²) in [6, 6.07) is 15.3. The summed E-state index contributed by atoms with van der Waals surface area (Å²) in [5.74, 6) is 0.298. The molecular weight excluding hydrogens is 364 g/mol. The fourth-order valence-corrected chi connectivity index (χ4v) is 3.00. The van der Waals surface area contributed by atoms with Gasteiger partial charge >= 0.3 is 0 Å². The van der Waals surface area contributed by atoms with E-state index in [1.165, 1.54) is 7.11 Å². The molecule has 2 aromatic carbocycles. The lowest BCUT2D eigenvalue weighted by atomic mass is 9.96. The molecule has 3 aromatic rings. The van der Waals surface area contributed by atoms with Crippen LogP contribution in [0.25, 0.3) is 22.0 Å². The maximum atomic E-state index is 9.59. The molecule has 0 fully saturated rings. The summed E-state index contributed by atoms with van der Waals surface area (Å²) in [6.45, 7) is 0. The zero-order chi connectivity index (χ0) is 15.7. The molecule has 0 spiro atoms. The fraction of sp³-hybridized carbons (Fsp3) is 0.0588.